The molecular formula is C35H72BrN. The zero-order chi connectivity index (χ0) is 26.6. The lowest BCUT2D eigenvalue weighted by molar-refractivity contribution is -0.952. The first-order valence-electron chi connectivity index (χ1n) is 17.2. The molecule has 0 spiro atoms. The second kappa shape index (κ2) is 30.7. The average molecular weight is 587 g/mol. The smallest absolute Gasteiger partial charge is 0.0925 e. The molecule has 37 heavy (non-hydrogen) atoms. The Kier molecular flexibility index (Phi) is 32.6. The van der Waals surface area contributed by atoms with Gasteiger partial charge >= 0.3 is 0 Å². The molecule has 2 heteroatoms. The van der Waals surface area contributed by atoms with Crippen LogP contribution in [0.3, 0.4) is 0 Å². The highest BCUT2D eigenvalue weighted by molar-refractivity contribution is 4.76. The Morgan fingerprint density at radius 3 is 1.16 bits per heavy atom. The van der Waals surface area contributed by atoms with Crippen LogP contribution in [0.2, 0.25) is 0 Å². The molecule has 1 unspecified atom stereocenters. The molecule has 0 aromatic carbocycles. The van der Waals surface area contributed by atoms with Crippen LogP contribution in [-0.4, -0.2) is 30.2 Å². The molecule has 0 radical (unpaired) electrons. The monoisotopic (exact) mass is 585 g/mol. The fourth-order valence-electron chi connectivity index (χ4n) is 6.24. The fraction of sp³-hybridized carbons (Fsp3) is 0.943. The van der Waals surface area contributed by atoms with Gasteiger partial charge in [-0.15, -0.1) is 6.58 Å². The standard InChI is InChI=1S/C35H72N.BrH/c1-6-11-15-17-19-21-23-25-27-29-34-36(32-13-8-3,33-14-9-4)35(30-10-5)31-28-26-24-22-20-18-16-12-7-2;/h10,35H,5-9,11-34H2,1-4H3;1H/q+1;/p-1. The summed E-state index contributed by atoms with van der Waals surface area (Å²) in [7, 11) is 0. The molecule has 0 saturated carbocycles. The lowest BCUT2D eigenvalue weighted by Crippen LogP contribution is -3.00. The van der Waals surface area contributed by atoms with E-state index in [0.717, 1.165) is 6.04 Å². The molecule has 0 rings (SSSR count). The van der Waals surface area contributed by atoms with Gasteiger partial charge in [0, 0.05) is 6.42 Å². The van der Waals surface area contributed by atoms with Crippen LogP contribution in [0, 0.1) is 0 Å². The Morgan fingerprint density at radius 2 is 0.784 bits per heavy atom. The summed E-state index contributed by atoms with van der Waals surface area (Å²) >= 11 is 0. The van der Waals surface area contributed by atoms with E-state index in [2.05, 4.69) is 40.3 Å². The highest BCUT2D eigenvalue weighted by Gasteiger charge is 2.34. The second-order valence-corrected chi connectivity index (χ2v) is 12.1. The predicted octanol–water partition coefficient (Wildman–Crippen LogP) is 9.19. The van der Waals surface area contributed by atoms with Crippen molar-refractivity contribution in [3.8, 4) is 0 Å². The van der Waals surface area contributed by atoms with Crippen molar-refractivity contribution >= 4 is 0 Å². The Hall–Kier alpha value is 0.180. The van der Waals surface area contributed by atoms with Gasteiger partial charge in [0.2, 0.25) is 0 Å². The van der Waals surface area contributed by atoms with Gasteiger partial charge in [0.05, 0.1) is 25.7 Å². The molecule has 0 aromatic rings. The third-order valence-electron chi connectivity index (χ3n) is 8.73. The van der Waals surface area contributed by atoms with E-state index in [-0.39, 0.29) is 17.0 Å². The topological polar surface area (TPSA) is 0 Å². The highest BCUT2D eigenvalue weighted by atomic mass is 79.9. The van der Waals surface area contributed by atoms with Crippen LogP contribution in [0.5, 0.6) is 0 Å². The van der Waals surface area contributed by atoms with E-state index in [9.17, 15) is 0 Å². The van der Waals surface area contributed by atoms with Crippen molar-refractivity contribution in [1.29, 1.82) is 0 Å². The first-order chi connectivity index (χ1) is 17.7. The van der Waals surface area contributed by atoms with Crippen LogP contribution in [-0.2, 0) is 0 Å². The summed E-state index contributed by atoms with van der Waals surface area (Å²) in [4.78, 5) is 0. The van der Waals surface area contributed by atoms with Gasteiger partial charge in [0.1, 0.15) is 0 Å². The molecule has 0 saturated heterocycles. The second-order valence-electron chi connectivity index (χ2n) is 12.1. The van der Waals surface area contributed by atoms with E-state index in [0.29, 0.717) is 0 Å². The fourth-order valence-corrected chi connectivity index (χ4v) is 6.24. The molecule has 0 fully saturated rings. The van der Waals surface area contributed by atoms with Gasteiger partial charge in [-0.25, -0.2) is 0 Å². The summed E-state index contributed by atoms with van der Waals surface area (Å²) in [5.41, 5.74) is 0. The lowest BCUT2D eigenvalue weighted by atomic mass is 9.97. The molecule has 0 heterocycles. The normalized spacial score (nSPS) is 12.4. The van der Waals surface area contributed by atoms with E-state index < -0.39 is 0 Å². The van der Waals surface area contributed by atoms with E-state index in [4.69, 9.17) is 0 Å². The van der Waals surface area contributed by atoms with Crippen LogP contribution in [0.15, 0.2) is 12.7 Å². The van der Waals surface area contributed by atoms with E-state index in [1.807, 2.05) is 0 Å². The van der Waals surface area contributed by atoms with Crippen LogP contribution < -0.4 is 17.0 Å². The van der Waals surface area contributed by atoms with Crippen molar-refractivity contribution in [1.82, 2.24) is 0 Å². The Labute approximate surface area is 247 Å². The number of nitrogens with zero attached hydrogens (tertiary/aromatic N) is 1. The van der Waals surface area contributed by atoms with Crippen LogP contribution in [0.25, 0.3) is 0 Å². The van der Waals surface area contributed by atoms with Crippen molar-refractivity contribution in [3.05, 3.63) is 12.7 Å². The van der Waals surface area contributed by atoms with Crippen LogP contribution >= 0.6 is 0 Å². The molecule has 0 aromatic heterocycles. The minimum absolute atomic E-state index is 0. The molecule has 1 atom stereocenters. The number of hydrogen-bond acceptors (Lipinski definition) is 0. The summed E-state index contributed by atoms with van der Waals surface area (Å²) in [5, 5.41) is 0. The third kappa shape index (κ3) is 22.7. The Balaban J connectivity index is 0. The summed E-state index contributed by atoms with van der Waals surface area (Å²) in [6.45, 7) is 17.9. The molecule has 0 amide bonds. The van der Waals surface area contributed by atoms with Gasteiger partial charge in [-0.3, -0.25) is 0 Å². The van der Waals surface area contributed by atoms with Gasteiger partial charge in [-0.2, -0.15) is 0 Å². The van der Waals surface area contributed by atoms with E-state index in [1.54, 1.807) is 0 Å². The maximum atomic E-state index is 4.21. The van der Waals surface area contributed by atoms with Crippen LogP contribution in [0.1, 0.15) is 188 Å². The number of rotatable bonds is 30. The van der Waals surface area contributed by atoms with Crippen molar-refractivity contribution in [2.45, 2.75) is 194 Å². The highest BCUT2D eigenvalue weighted by Crippen LogP contribution is 2.27. The van der Waals surface area contributed by atoms with Crippen molar-refractivity contribution in [2.75, 3.05) is 19.6 Å². The molecule has 0 bridgehead atoms. The molecular weight excluding hydrogens is 514 g/mol. The van der Waals surface area contributed by atoms with E-state index >= 15 is 0 Å². The van der Waals surface area contributed by atoms with Gasteiger partial charge in [-0.1, -0.05) is 149 Å². The Bertz CT molecular complexity index is 427. The number of quaternary nitrogens is 1. The van der Waals surface area contributed by atoms with Gasteiger partial charge < -0.3 is 21.5 Å². The minimum Gasteiger partial charge on any atom is -1.00 e. The molecule has 1 nitrogen and oxygen atoms in total. The molecule has 224 valence electrons. The van der Waals surface area contributed by atoms with E-state index in [1.165, 1.54) is 185 Å². The lowest BCUT2D eigenvalue weighted by Gasteiger charge is -2.46. The van der Waals surface area contributed by atoms with Gasteiger partial charge in [0.25, 0.3) is 0 Å². The van der Waals surface area contributed by atoms with Crippen molar-refractivity contribution in [3.63, 3.8) is 0 Å². The largest absolute Gasteiger partial charge is 1.00 e. The van der Waals surface area contributed by atoms with Crippen molar-refractivity contribution < 1.29 is 21.5 Å². The Morgan fingerprint density at radius 1 is 0.459 bits per heavy atom. The zero-order valence-corrected chi connectivity index (χ0v) is 28.1. The predicted molar refractivity (Wildman–Crippen MR) is 167 cm³/mol. The van der Waals surface area contributed by atoms with Gasteiger partial charge in [0.15, 0.2) is 0 Å². The number of hydrogen-bond donors (Lipinski definition) is 0. The molecule has 0 aliphatic carbocycles. The summed E-state index contributed by atoms with van der Waals surface area (Å²) in [5.74, 6) is 0. The first-order valence-corrected chi connectivity index (χ1v) is 17.2. The third-order valence-corrected chi connectivity index (χ3v) is 8.73. The quantitative estimate of drug-likeness (QED) is 0.0447. The maximum Gasteiger partial charge on any atom is 0.0925 e. The summed E-state index contributed by atoms with van der Waals surface area (Å²) in [6.07, 6.45) is 37.8. The molecule has 0 aliphatic rings. The SMILES string of the molecule is C=CCC(CCCCCCCCCCC)[N+](CCCC)(CCCC)CCCCCCCCCCCC.[Br-]. The van der Waals surface area contributed by atoms with Crippen molar-refractivity contribution in [2.24, 2.45) is 0 Å². The zero-order valence-electron chi connectivity index (χ0n) is 26.5. The maximum absolute atomic E-state index is 4.21. The minimum atomic E-state index is 0. The average Bonchev–Trinajstić information content (AvgIpc) is 2.89. The number of halogens is 1. The first kappa shape index (κ1) is 39.3. The number of unbranched alkanes of at least 4 members (excludes halogenated alkanes) is 19. The molecule has 0 aliphatic heterocycles. The van der Waals surface area contributed by atoms with Gasteiger partial charge in [-0.05, 0) is 38.5 Å². The summed E-state index contributed by atoms with van der Waals surface area (Å²) < 4.78 is 1.40. The van der Waals surface area contributed by atoms with Crippen LogP contribution in [0.4, 0.5) is 0 Å². The summed E-state index contributed by atoms with van der Waals surface area (Å²) in [6, 6.07) is 0.809. The molecule has 0 N–H and O–H groups in total.